The summed E-state index contributed by atoms with van der Waals surface area (Å²) in [5.41, 5.74) is -0.380. The predicted molar refractivity (Wildman–Crippen MR) is 69.2 cm³/mol. The molecule has 0 unspecified atom stereocenters. The number of fused-ring (bicyclic) bond motifs is 1. The smallest absolute Gasteiger partial charge is 0.367 e. The number of anilines is 1. The molecular weight excluding hydrogens is 270 g/mol. The predicted octanol–water partition coefficient (Wildman–Crippen LogP) is -0.741. The molecular formula is C10H11N5O3S. The van der Waals surface area contributed by atoms with Crippen LogP contribution in [0.25, 0.3) is 4.96 Å². The van der Waals surface area contributed by atoms with Crippen LogP contribution in [-0.2, 0) is 0 Å². The van der Waals surface area contributed by atoms with Crippen molar-refractivity contribution in [3.63, 3.8) is 0 Å². The summed E-state index contributed by atoms with van der Waals surface area (Å²) in [5.74, 6) is -0.519. The summed E-state index contributed by atoms with van der Waals surface area (Å²) >= 11 is 0.897. The normalized spacial score (nSPS) is 15.9. The molecule has 0 aromatic carbocycles. The van der Waals surface area contributed by atoms with Crippen LogP contribution in [0.3, 0.4) is 0 Å². The third-order valence-corrected chi connectivity index (χ3v) is 3.76. The van der Waals surface area contributed by atoms with Gasteiger partial charge in [0.1, 0.15) is 5.82 Å². The number of piperazine rings is 1. The van der Waals surface area contributed by atoms with Crippen molar-refractivity contribution in [2.24, 2.45) is 0 Å². The lowest BCUT2D eigenvalue weighted by atomic mass is 10.3. The molecule has 1 aliphatic rings. The maximum absolute atomic E-state index is 11.6. The van der Waals surface area contributed by atoms with Gasteiger partial charge in [0, 0.05) is 32.2 Å². The van der Waals surface area contributed by atoms with Gasteiger partial charge in [-0.2, -0.15) is 9.50 Å². The highest BCUT2D eigenvalue weighted by molar-refractivity contribution is 7.18. The van der Waals surface area contributed by atoms with Crippen LogP contribution < -0.4 is 15.8 Å². The summed E-state index contributed by atoms with van der Waals surface area (Å²) in [6.07, 6.45) is 0. The zero-order valence-electron chi connectivity index (χ0n) is 9.87. The Balaban J connectivity index is 2.16. The van der Waals surface area contributed by atoms with Crippen molar-refractivity contribution in [2.45, 2.75) is 0 Å². The van der Waals surface area contributed by atoms with Gasteiger partial charge < -0.3 is 15.3 Å². The van der Waals surface area contributed by atoms with E-state index in [9.17, 15) is 9.59 Å². The van der Waals surface area contributed by atoms with Crippen LogP contribution in [0, 0.1) is 0 Å². The summed E-state index contributed by atoms with van der Waals surface area (Å²) in [4.78, 5) is 28.6. The van der Waals surface area contributed by atoms with Crippen molar-refractivity contribution in [1.29, 1.82) is 0 Å². The Kier molecular flexibility index (Phi) is 2.91. The Hall–Kier alpha value is -2.00. The molecule has 0 spiro atoms. The molecule has 0 amide bonds. The lowest BCUT2D eigenvalue weighted by Gasteiger charge is -2.28. The number of hydrogen-bond donors (Lipinski definition) is 2. The summed E-state index contributed by atoms with van der Waals surface area (Å²) in [6.45, 7) is 3.11. The minimum Gasteiger partial charge on any atom is -0.476 e. The van der Waals surface area contributed by atoms with Gasteiger partial charge in [0.05, 0.1) is 0 Å². The SMILES string of the molecule is O=C(O)c1nn2c(N3CCNCC3)cc(=O)nc2s1. The van der Waals surface area contributed by atoms with Gasteiger partial charge in [0.2, 0.25) is 9.97 Å². The molecule has 2 aromatic heterocycles. The first-order chi connectivity index (χ1) is 9.15. The van der Waals surface area contributed by atoms with E-state index >= 15 is 0 Å². The summed E-state index contributed by atoms with van der Waals surface area (Å²) in [7, 11) is 0. The number of carbonyl (C=O) groups is 1. The quantitative estimate of drug-likeness (QED) is 0.747. The minimum atomic E-state index is -1.12. The van der Waals surface area contributed by atoms with Gasteiger partial charge in [-0.15, -0.1) is 5.10 Å². The highest BCUT2D eigenvalue weighted by atomic mass is 32.1. The molecule has 9 heteroatoms. The molecule has 1 fully saturated rings. The Labute approximate surface area is 111 Å². The third-order valence-electron chi connectivity index (χ3n) is 2.86. The fraction of sp³-hybridized carbons (Fsp3) is 0.400. The molecule has 0 bridgehead atoms. The second kappa shape index (κ2) is 4.59. The first-order valence-corrected chi connectivity index (χ1v) is 6.57. The van der Waals surface area contributed by atoms with E-state index in [2.05, 4.69) is 15.4 Å². The largest absolute Gasteiger partial charge is 0.476 e. The van der Waals surface area contributed by atoms with Crippen LogP contribution in [0.2, 0.25) is 0 Å². The van der Waals surface area contributed by atoms with E-state index in [4.69, 9.17) is 5.11 Å². The maximum Gasteiger partial charge on any atom is 0.367 e. The van der Waals surface area contributed by atoms with Gasteiger partial charge in [0.25, 0.3) is 5.56 Å². The Bertz CT molecular complexity index is 688. The molecule has 8 nitrogen and oxygen atoms in total. The average Bonchev–Trinajstić information content (AvgIpc) is 2.82. The highest BCUT2D eigenvalue weighted by Crippen LogP contribution is 2.18. The van der Waals surface area contributed by atoms with E-state index in [1.54, 1.807) is 0 Å². The van der Waals surface area contributed by atoms with Crippen LogP contribution in [-0.4, -0.2) is 51.9 Å². The van der Waals surface area contributed by atoms with Crippen LogP contribution in [0.4, 0.5) is 5.82 Å². The Morgan fingerprint density at radius 3 is 2.84 bits per heavy atom. The summed E-state index contributed by atoms with van der Waals surface area (Å²) < 4.78 is 1.43. The molecule has 3 heterocycles. The zero-order valence-corrected chi connectivity index (χ0v) is 10.7. The number of rotatable bonds is 2. The lowest BCUT2D eigenvalue weighted by Crippen LogP contribution is -2.44. The zero-order chi connectivity index (χ0) is 13.4. The molecule has 1 saturated heterocycles. The number of hydrogen-bond acceptors (Lipinski definition) is 7. The van der Waals surface area contributed by atoms with Crippen molar-refractivity contribution < 1.29 is 9.90 Å². The standard InChI is InChI=1S/C10H11N5O3S/c16-6-5-7(14-3-1-11-2-4-14)15-10(12-6)19-8(13-15)9(17)18/h5,11H,1-4H2,(H,17,18). The van der Waals surface area contributed by atoms with Gasteiger partial charge in [-0.1, -0.05) is 11.3 Å². The molecule has 2 aromatic rings. The van der Waals surface area contributed by atoms with Crippen molar-refractivity contribution >= 4 is 28.1 Å². The molecule has 0 radical (unpaired) electrons. The van der Waals surface area contributed by atoms with Gasteiger partial charge in [-0.3, -0.25) is 4.79 Å². The van der Waals surface area contributed by atoms with Gasteiger partial charge in [0.15, 0.2) is 0 Å². The monoisotopic (exact) mass is 281 g/mol. The van der Waals surface area contributed by atoms with Crippen molar-refractivity contribution in [1.82, 2.24) is 19.9 Å². The molecule has 3 rings (SSSR count). The van der Waals surface area contributed by atoms with E-state index in [-0.39, 0.29) is 10.6 Å². The molecule has 1 aliphatic heterocycles. The number of aromatic carboxylic acids is 1. The number of nitrogens with one attached hydrogen (secondary N) is 1. The first-order valence-electron chi connectivity index (χ1n) is 5.75. The number of carboxylic acid groups (broad SMARTS) is 1. The van der Waals surface area contributed by atoms with Crippen LogP contribution in [0.5, 0.6) is 0 Å². The second-order valence-electron chi connectivity index (χ2n) is 4.10. The molecule has 100 valence electrons. The molecule has 0 atom stereocenters. The van der Waals surface area contributed by atoms with Gasteiger partial charge >= 0.3 is 5.97 Å². The molecule has 19 heavy (non-hydrogen) atoms. The summed E-state index contributed by atoms with van der Waals surface area (Å²) in [6, 6.07) is 1.39. The average molecular weight is 281 g/mol. The molecule has 2 N–H and O–H groups in total. The van der Waals surface area contributed by atoms with Crippen LogP contribution in [0.1, 0.15) is 9.80 Å². The molecule has 0 aliphatic carbocycles. The van der Waals surface area contributed by atoms with Crippen LogP contribution >= 0.6 is 11.3 Å². The van der Waals surface area contributed by atoms with Crippen LogP contribution in [0.15, 0.2) is 10.9 Å². The number of carboxylic acids is 1. The fourth-order valence-corrected chi connectivity index (χ4v) is 2.75. The van der Waals surface area contributed by atoms with Gasteiger partial charge in [-0.25, -0.2) is 4.79 Å². The van der Waals surface area contributed by atoms with E-state index in [1.807, 2.05) is 4.90 Å². The number of aromatic nitrogens is 3. The number of nitrogens with zero attached hydrogens (tertiary/aromatic N) is 4. The topological polar surface area (TPSA) is 99.8 Å². The fourth-order valence-electron chi connectivity index (χ4n) is 2.01. The maximum atomic E-state index is 11.6. The van der Waals surface area contributed by atoms with E-state index < -0.39 is 5.97 Å². The van der Waals surface area contributed by atoms with E-state index in [0.717, 1.165) is 37.5 Å². The first kappa shape index (κ1) is 12.1. The van der Waals surface area contributed by atoms with E-state index in [1.165, 1.54) is 10.6 Å². The Morgan fingerprint density at radius 2 is 2.16 bits per heavy atom. The summed E-state index contributed by atoms with van der Waals surface area (Å²) in [5, 5.41) is 16.1. The van der Waals surface area contributed by atoms with Crippen molar-refractivity contribution in [3.05, 3.63) is 21.4 Å². The lowest BCUT2D eigenvalue weighted by molar-refractivity contribution is 0.0695. The molecule has 0 saturated carbocycles. The Morgan fingerprint density at radius 1 is 1.42 bits per heavy atom. The third kappa shape index (κ3) is 2.17. The minimum absolute atomic E-state index is 0.0746. The van der Waals surface area contributed by atoms with Crippen molar-refractivity contribution in [3.8, 4) is 0 Å². The van der Waals surface area contributed by atoms with Crippen molar-refractivity contribution in [2.75, 3.05) is 31.1 Å². The van der Waals surface area contributed by atoms with E-state index in [0.29, 0.717) is 10.8 Å². The highest BCUT2D eigenvalue weighted by Gasteiger charge is 2.19. The second-order valence-corrected chi connectivity index (χ2v) is 5.05. The van der Waals surface area contributed by atoms with Gasteiger partial charge in [-0.05, 0) is 0 Å².